The second kappa shape index (κ2) is 8.71. The SMILES string of the molecule is CC[C@H](C(=O)N[C@H](C)c1ccccc1)N(c1ccc(F)c(Cl)c1)S(C)(=O)=O. The molecule has 1 amide bonds. The predicted molar refractivity (Wildman–Crippen MR) is 106 cm³/mol. The first-order valence-electron chi connectivity index (χ1n) is 8.45. The number of rotatable bonds is 7. The number of nitrogens with one attached hydrogen (secondary N) is 1. The summed E-state index contributed by atoms with van der Waals surface area (Å²) in [6, 6.07) is 11.6. The second-order valence-corrected chi connectivity index (χ2v) is 8.49. The van der Waals surface area contributed by atoms with Gasteiger partial charge in [-0.15, -0.1) is 0 Å². The van der Waals surface area contributed by atoms with Gasteiger partial charge in [0.05, 0.1) is 23.0 Å². The van der Waals surface area contributed by atoms with Crippen LogP contribution in [-0.2, 0) is 14.8 Å². The van der Waals surface area contributed by atoms with Gasteiger partial charge >= 0.3 is 0 Å². The van der Waals surface area contributed by atoms with Crippen LogP contribution in [0.1, 0.15) is 31.9 Å². The summed E-state index contributed by atoms with van der Waals surface area (Å²) in [5, 5.41) is 2.63. The van der Waals surface area contributed by atoms with E-state index in [2.05, 4.69) is 5.32 Å². The van der Waals surface area contributed by atoms with Crippen molar-refractivity contribution >= 4 is 33.2 Å². The Labute approximate surface area is 164 Å². The molecule has 0 aliphatic rings. The maximum absolute atomic E-state index is 13.5. The molecule has 5 nitrogen and oxygen atoms in total. The number of carbonyl (C=O) groups excluding carboxylic acids is 1. The van der Waals surface area contributed by atoms with Crippen molar-refractivity contribution in [3.05, 3.63) is 64.9 Å². The molecular formula is C19H22ClFN2O3S. The van der Waals surface area contributed by atoms with E-state index in [4.69, 9.17) is 11.6 Å². The molecule has 2 aromatic carbocycles. The zero-order valence-electron chi connectivity index (χ0n) is 15.3. The third-order valence-corrected chi connectivity index (χ3v) is 5.62. The van der Waals surface area contributed by atoms with Crippen molar-refractivity contribution in [1.29, 1.82) is 0 Å². The standard InChI is InChI=1S/C19H22ClFN2O3S/c1-4-18(19(24)22-13(2)14-8-6-5-7-9-14)23(27(3,25)26)15-10-11-17(21)16(20)12-15/h5-13,18H,4H2,1-3H3,(H,22,24)/t13-,18-/m1/s1. The molecule has 0 saturated carbocycles. The molecule has 0 aliphatic carbocycles. The molecule has 0 bridgehead atoms. The Morgan fingerprint density at radius 3 is 2.37 bits per heavy atom. The highest BCUT2D eigenvalue weighted by atomic mass is 35.5. The van der Waals surface area contributed by atoms with E-state index in [-0.39, 0.29) is 23.2 Å². The number of amides is 1. The van der Waals surface area contributed by atoms with Gasteiger partial charge in [0.15, 0.2) is 0 Å². The number of benzene rings is 2. The van der Waals surface area contributed by atoms with E-state index in [1.54, 1.807) is 6.92 Å². The lowest BCUT2D eigenvalue weighted by Crippen LogP contribution is -2.49. The number of nitrogens with zero attached hydrogens (tertiary/aromatic N) is 1. The highest BCUT2D eigenvalue weighted by Crippen LogP contribution is 2.27. The van der Waals surface area contributed by atoms with Crippen LogP contribution in [0.2, 0.25) is 5.02 Å². The van der Waals surface area contributed by atoms with Gasteiger partial charge in [-0.25, -0.2) is 12.8 Å². The summed E-state index contributed by atoms with van der Waals surface area (Å²) in [6.07, 6.45) is 1.23. The Morgan fingerprint density at radius 1 is 1.22 bits per heavy atom. The molecular weight excluding hydrogens is 391 g/mol. The molecule has 2 atom stereocenters. The molecule has 0 unspecified atom stereocenters. The number of hydrogen-bond acceptors (Lipinski definition) is 3. The highest BCUT2D eigenvalue weighted by molar-refractivity contribution is 7.92. The molecule has 0 radical (unpaired) electrons. The number of halogens is 2. The molecule has 8 heteroatoms. The van der Waals surface area contributed by atoms with Crippen LogP contribution >= 0.6 is 11.6 Å². The Balaban J connectivity index is 2.34. The van der Waals surface area contributed by atoms with E-state index >= 15 is 0 Å². The number of anilines is 1. The Morgan fingerprint density at radius 2 is 1.85 bits per heavy atom. The van der Waals surface area contributed by atoms with Crippen molar-refractivity contribution in [2.24, 2.45) is 0 Å². The van der Waals surface area contributed by atoms with Gasteiger partial charge in [-0.1, -0.05) is 48.9 Å². The molecule has 0 saturated heterocycles. The lowest BCUT2D eigenvalue weighted by molar-refractivity contribution is -0.122. The van der Waals surface area contributed by atoms with Gasteiger partial charge in [0.2, 0.25) is 15.9 Å². The van der Waals surface area contributed by atoms with Crippen LogP contribution in [0.15, 0.2) is 48.5 Å². The average molecular weight is 413 g/mol. The zero-order valence-corrected chi connectivity index (χ0v) is 16.9. The van der Waals surface area contributed by atoms with Gasteiger partial charge in [-0.3, -0.25) is 9.10 Å². The van der Waals surface area contributed by atoms with Gasteiger partial charge in [0.1, 0.15) is 11.9 Å². The van der Waals surface area contributed by atoms with Gasteiger partial charge in [-0.05, 0) is 37.1 Å². The summed E-state index contributed by atoms with van der Waals surface area (Å²) >= 11 is 5.80. The predicted octanol–water partition coefficient (Wildman–Crippen LogP) is 3.90. The second-order valence-electron chi connectivity index (χ2n) is 6.22. The Kier molecular flexibility index (Phi) is 6.84. The highest BCUT2D eigenvalue weighted by Gasteiger charge is 2.32. The minimum atomic E-state index is -3.81. The molecule has 0 aromatic heterocycles. The van der Waals surface area contributed by atoms with E-state index < -0.39 is 27.8 Å². The summed E-state index contributed by atoms with van der Waals surface area (Å²) in [5.41, 5.74) is 1.04. The molecule has 27 heavy (non-hydrogen) atoms. The van der Waals surface area contributed by atoms with Crippen LogP contribution in [0, 0.1) is 5.82 Å². The van der Waals surface area contributed by atoms with E-state index in [9.17, 15) is 17.6 Å². The molecule has 146 valence electrons. The smallest absolute Gasteiger partial charge is 0.244 e. The first kappa shape index (κ1) is 21.2. The van der Waals surface area contributed by atoms with Gasteiger partial charge in [-0.2, -0.15) is 0 Å². The first-order valence-corrected chi connectivity index (χ1v) is 10.7. The van der Waals surface area contributed by atoms with Crippen LogP contribution in [0.5, 0.6) is 0 Å². The normalized spacial score (nSPS) is 13.7. The molecule has 0 fully saturated rings. The summed E-state index contributed by atoms with van der Waals surface area (Å²) in [4.78, 5) is 12.8. The molecule has 0 heterocycles. The number of carbonyl (C=O) groups is 1. The van der Waals surface area contributed by atoms with Crippen molar-refractivity contribution in [3.8, 4) is 0 Å². The first-order chi connectivity index (χ1) is 12.6. The van der Waals surface area contributed by atoms with Crippen LogP contribution in [0.4, 0.5) is 10.1 Å². The summed E-state index contributed by atoms with van der Waals surface area (Å²) in [5.74, 6) is -1.11. The molecule has 0 aliphatic heterocycles. The maximum Gasteiger partial charge on any atom is 0.244 e. The van der Waals surface area contributed by atoms with Crippen molar-refractivity contribution in [2.45, 2.75) is 32.4 Å². The largest absolute Gasteiger partial charge is 0.348 e. The van der Waals surface area contributed by atoms with Gasteiger partial charge in [0, 0.05) is 0 Å². The van der Waals surface area contributed by atoms with Crippen molar-refractivity contribution in [2.75, 3.05) is 10.6 Å². The Hall–Kier alpha value is -2.12. The van der Waals surface area contributed by atoms with Crippen LogP contribution in [0.25, 0.3) is 0 Å². The fraction of sp³-hybridized carbons (Fsp3) is 0.316. The molecule has 2 aromatic rings. The summed E-state index contributed by atoms with van der Waals surface area (Å²) < 4.78 is 39.3. The van der Waals surface area contributed by atoms with Crippen molar-refractivity contribution in [1.82, 2.24) is 5.32 Å². The van der Waals surface area contributed by atoms with E-state index in [0.29, 0.717) is 0 Å². The molecule has 2 rings (SSSR count). The third kappa shape index (κ3) is 5.20. The van der Waals surface area contributed by atoms with Crippen molar-refractivity contribution < 1.29 is 17.6 Å². The maximum atomic E-state index is 13.5. The number of hydrogen-bond donors (Lipinski definition) is 1. The Bertz CT molecular complexity index is 906. The van der Waals surface area contributed by atoms with Gasteiger partial charge in [0.25, 0.3) is 0 Å². The zero-order chi connectivity index (χ0) is 20.2. The lowest BCUT2D eigenvalue weighted by Gasteiger charge is -2.31. The van der Waals surface area contributed by atoms with Crippen LogP contribution in [-0.4, -0.2) is 26.6 Å². The lowest BCUT2D eigenvalue weighted by atomic mass is 10.1. The van der Waals surface area contributed by atoms with E-state index in [1.165, 1.54) is 12.1 Å². The topological polar surface area (TPSA) is 66.5 Å². The van der Waals surface area contributed by atoms with Gasteiger partial charge < -0.3 is 5.32 Å². The minimum absolute atomic E-state index is 0.137. The molecule has 1 N–H and O–H groups in total. The number of sulfonamides is 1. The van der Waals surface area contributed by atoms with E-state index in [0.717, 1.165) is 22.2 Å². The summed E-state index contributed by atoms with van der Waals surface area (Å²) in [7, 11) is -3.81. The molecule has 0 spiro atoms. The van der Waals surface area contributed by atoms with Crippen LogP contribution < -0.4 is 9.62 Å². The van der Waals surface area contributed by atoms with E-state index in [1.807, 2.05) is 37.3 Å². The fourth-order valence-electron chi connectivity index (χ4n) is 2.82. The average Bonchev–Trinajstić information content (AvgIpc) is 2.61. The minimum Gasteiger partial charge on any atom is -0.348 e. The third-order valence-electron chi connectivity index (χ3n) is 4.15. The van der Waals surface area contributed by atoms with Crippen molar-refractivity contribution in [3.63, 3.8) is 0 Å². The monoisotopic (exact) mass is 412 g/mol. The quantitative estimate of drug-likeness (QED) is 0.749. The summed E-state index contributed by atoms with van der Waals surface area (Å²) in [6.45, 7) is 3.53. The van der Waals surface area contributed by atoms with Crippen LogP contribution in [0.3, 0.4) is 0 Å². The fourth-order valence-corrected chi connectivity index (χ4v) is 4.20.